The summed E-state index contributed by atoms with van der Waals surface area (Å²) >= 11 is 12.5. The van der Waals surface area contributed by atoms with Crippen LogP contribution in [-0.2, 0) is 32.6 Å². The maximum Gasteiger partial charge on any atom is 0.244 e. The van der Waals surface area contributed by atoms with E-state index in [1.807, 2.05) is 30.3 Å². The highest BCUT2D eigenvalue weighted by molar-refractivity contribution is 7.92. The number of methoxy groups -OCH3 is 1. The number of nitrogens with zero attached hydrogens (tertiary/aromatic N) is 2. The van der Waals surface area contributed by atoms with Crippen molar-refractivity contribution in [2.45, 2.75) is 57.2 Å². The van der Waals surface area contributed by atoms with Gasteiger partial charge in [0, 0.05) is 25.1 Å². The lowest BCUT2D eigenvalue weighted by atomic mass is 9.94. The Labute approximate surface area is 264 Å². The zero-order valence-electron chi connectivity index (χ0n) is 24.3. The van der Waals surface area contributed by atoms with Gasteiger partial charge in [0.15, 0.2) is 0 Å². The first-order valence-corrected chi connectivity index (χ1v) is 16.8. The fourth-order valence-corrected chi connectivity index (χ4v) is 6.47. The third-order valence-corrected chi connectivity index (χ3v) is 9.46. The van der Waals surface area contributed by atoms with Crippen LogP contribution in [0.25, 0.3) is 0 Å². The molecule has 0 bridgehead atoms. The molecule has 1 aliphatic rings. The number of halogens is 2. The maximum absolute atomic E-state index is 14.3. The molecule has 1 aliphatic carbocycles. The van der Waals surface area contributed by atoms with Crippen LogP contribution >= 0.6 is 23.2 Å². The van der Waals surface area contributed by atoms with Crippen molar-refractivity contribution in [2.24, 2.45) is 0 Å². The lowest BCUT2D eigenvalue weighted by molar-refractivity contribution is -0.140. The highest BCUT2D eigenvalue weighted by Crippen LogP contribution is 2.27. The molecular weight excluding hydrogens is 609 g/mol. The topological polar surface area (TPSA) is 96.0 Å². The first-order chi connectivity index (χ1) is 20.5. The van der Waals surface area contributed by atoms with Crippen molar-refractivity contribution in [2.75, 3.05) is 24.2 Å². The van der Waals surface area contributed by atoms with E-state index in [2.05, 4.69) is 5.32 Å². The molecule has 1 N–H and O–H groups in total. The van der Waals surface area contributed by atoms with Gasteiger partial charge < -0.3 is 15.0 Å². The summed E-state index contributed by atoms with van der Waals surface area (Å²) in [6.07, 6.45) is 6.23. The van der Waals surface area contributed by atoms with Gasteiger partial charge in [-0.05, 0) is 48.2 Å². The molecule has 4 rings (SSSR count). The van der Waals surface area contributed by atoms with Gasteiger partial charge in [0.1, 0.15) is 18.3 Å². The van der Waals surface area contributed by atoms with Gasteiger partial charge in [0.25, 0.3) is 0 Å². The number of hydrogen-bond donors (Lipinski definition) is 1. The van der Waals surface area contributed by atoms with Crippen molar-refractivity contribution in [1.29, 1.82) is 0 Å². The third-order valence-electron chi connectivity index (χ3n) is 7.58. The highest BCUT2D eigenvalue weighted by Gasteiger charge is 2.34. The predicted octanol–water partition coefficient (Wildman–Crippen LogP) is 5.86. The molecule has 0 heterocycles. The largest absolute Gasteiger partial charge is 0.497 e. The number of ether oxygens (including phenoxy) is 1. The number of benzene rings is 3. The first-order valence-electron chi connectivity index (χ1n) is 14.2. The van der Waals surface area contributed by atoms with E-state index in [0.717, 1.165) is 48.2 Å². The molecule has 1 saturated carbocycles. The van der Waals surface area contributed by atoms with E-state index in [0.29, 0.717) is 21.4 Å². The van der Waals surface area contributed by atoms with Crippen molar-refractivity contribution in [1.82, 2.24) is 10.2 Å². The molecule has 8 nitrogen and oxygen atoms in total. The minimum Gasteiger partial charge on any atom is -0.497 e. The lowest BCUT2D eigenvalue weighted by Gasteiger charge is -2.35. The summed E-state index contributed by atoms with van der Waals surface area (Å²) in [5.41, 5.74) is 1.79. The van der Waals surface area contributed by atoms with E-state index in [1.54, 1.807) is 42.5 Å². The zero-order valence-corrected chi connectivity index (χ0v) is 26.7. The predicted molar refractivity (Wildman–Crippen MR) is 171 cm³/mol. The number of sulfonamides is 1. The van der Waals surface area contributed by atoms with Gasteiger partial charge in [0.05, 0.1) is 29.1 Å². The molecule has 1 unspecified atom stereocenters. The molecular formula is C32H37Cl2N3O5S. The Morgan fingerprint density at radius 2 is 1.65 bits per heavy atom. The Bertz CT molecular complexity index is 1510. The van der Waals surface area contributed by atoms with E-state index in [1.165, 1.54) is 12.0 Å². The van der Waals surface area contributed by atoms with Crippen LogP contribution in [0.15, 0.2) is 72.8 Å². The summed E-state index contributed by atoms with van der Waals surface area (Å²) in [5.74, 6) is -0.379. The molecule has 230 valence electrons. The quantitative estimate of drug-likeness (QED) is 0.266. The molecule has 43 heavy (non-hydrogen) atoms. The Hall–Kier alpha value is -3.27. The molecule has 0 radical (unpaired) electrons. The van der Waals surface area contributed by atoms with Crippen LogP contribution in [0.4, 0.5) is 5.69 Å². The maximum atomic E-state index is 14.3. The van der Waals surface area contributed by atoms with Gasteiger partial charge in [-0.15, -0.1) is 0 Å². The summed E-state index contributed by atoms with van der Waals surface area (Å²) in [6, 6.07) is 20.1. The second kappa shape index (κ2) is 14.9. The number of hydrogen-bond acceptors (Lipinski definition) is 5. The molecule has 1 fully saturated rings. The Kier molecular flexibility index (Phi) is 11.3. The molecule has 11 heteroatoms. The molecule has 0 spiro atoms. The molecule has 2 amide bonds. The number of amides is 2. The minimum atomic E-state index is -3.89. The second-order valence-corrected chi connectivity index (χ2v) is 13.5. The SMILES string of the molecule is COc1cccc(N(CC(=O)N(Cc2ccc(Cl)c(Cl)c2)C(Cc2ccccc2)C(=O)NC2CCCCC2)S(C)(=O)=O)c1. The molecule has 0 aliphatic heterocycles. The fraction of sp³-hybridized carbons (Fsp3) is 0.375. The van der Waals surface area contributed by atoms with Crippen molar-refractivity contribution in [3.05, 3.63) is 94.0 Å². The van der Waals surface area contributed by atoms with Gasteiger partial charge >= 0.3 is 0 Å². The van der Waals surface area contributed by atoms with Crippen molar-refractivity contribution in [3.63, 3.8) is 0 Å². The van der Waals surface area contributed by atoms with Crippen LogP contribution in [0, 0.1) is 0 Å². The van der Waals surface area contributed by atoms with Crippen LogP contribution in [0.2, 0.25) is 10.0 Å². The van der Waals surface area contributed by atoms with E-state index >= 15 is 0 Å². The Morgan fingerprint density at radius 3 is 2.30 bits per heavy atom. The standard InChI is InChI=1S/C32H37Cl2N3O5S/c1-42-27-15-9-14-26(20-27)37(43(2,40)41)22-31(38)36(21-24-16-17-28(33)29(34)18-24)30(19-23-10-5-3-6-11-23)32(39)35-25-12-7-4-8-13-25/h3,5-6,9-11,14-18,20,25,30H,4,7-8,12-13,19,21-22H2,1-2H3,(H,35,39). The van der Waals surface area contributed by atoms with Crippen molar-refractivity contribution in [3.8, 4) is 5.75 Å². The van der Waals surface area contributed by atoms with Gasteiger partial charge in [-0.1, -0.05) is 84.9 Å². The van der Waals surface area contributed by atoms with Gasteiger partial charge in [0.2, 0.25) is 21.8 Å². The smallest absolute Gasteiger partial charge is 0.244 e. The Balaban J connectivity index is 1.74. The molecule has 1 atom stereocenters. The van der Waals surface area contributed by atoms with Crippen LogP contribution in [0.1, 0.15) is 43.2 Å². The summed E-state index contributed by atoms with van der Waals surface area (Å²) < 4.78 is 32.3. The fourth-order valence-electron chi connectivity index (χ4n) is 5.31. The Morgan fingerprint density at radius 1 is 0.930 bits per heavy atom. The molecule has 3 aromatic carbocycles. The zero-order chi connectivity index (χ0) is 31.0. The summed E-state index contributed by atoms with van der Waals surface area (Å²) in [5, 5.41) is 3.86. The van der Waals surface area contributed by atoms with Gasteiger partial charge in [-0.3, -0.25) is 13.9 Å². The van der Waals surface area contributed by atoms with E-state index in [9.17, 15) is 18.0 Å². The lowest BCUT2D eigenvalue weighted by Crippen LogP contribution is -2.55. The number of anilines is 1. The van der Waals surface area contributed by atoms with Crippen LogP contribution < -0.4 is 14.4 Å². The van der Waals surface area contributed by atoms with Crippen molar-refractivity contribution >= 4 is 50.7 Å². The summed E-state index contributed by atoms with van der Waals surface area (Å²) in [4.78, 5) is 29.7. The van der Waals surface area contributed by atoms with Gasteiger partial charge in [-0.25, -0.2) is 8.42 Å². The second-order valence-electron chi connectivity index (χ2n) is 10.8. The van der Waals surface area contributed by atoms with Crippen molar-refractivity contribution < 1.29 is 22.7 Å². The number of rotatable bonds is 12. The van der Waals surface area contributed by atoms with Gasteiger partial charge in [-0.2, -0.15) is 0 Å². The van der Waals surface area contributed by atoms with E-state index < -0.39 is 28.5 Å². The average molecular weight is 647 g/mol. The van der Waals surface area contributed by atoms with Crippen LogP contribution in [-0.4, -0.2) is 57.1 Å². The van der Waals surface area contributed by atoms with Crippen LogP contribution in [0.5, 0.6) is 5.75 Å². The molecule has 0 aromatic heterocycles. The number of nitrogens with one attached hydrogen (secondary N) is 1. The normalized spacial score (nSPS) is 14.5. The van der Waals surface area contributed by atoms with Crippen LogP contribution in [0.3, 0.4) is 0 Å². The number of carbonyl (C=O) groups excluding carboxylic acids is 2. The monoisotopic (exact) mass is 645 g/mol. The van der Waals surface area contributed by atoms with E-state index in [4.69, 9.17) is 27.9 Å². The first kappa shape index (κ1) is 32.6. The van der Waals surface area contributed by atoms with E-state index in [-0.39, 0.29) is 30.6 Å². The summed E-state index contributed by atoms with van der Waals surface area (Å²) in [7, 11) is -2.41. The third kappa shape index (κ3) is 9.11. The highest BCUT2D eigenvalue weighted by atomic mass is 35.5. The number of carbonyl (C=O) groups is 2. The molecule has 0 saturated heterocycles. The molecule has 3 aromatic rings. The summed E-state index contributed by atoms with van der Waals surface area (Å²) in [6.45, 7) is -0.504. The minimum absolute atomic E-state index is 0.0149. The average Bonchev–Trinajstić information content (AvgIpc) is 2.99.